The first kappa shape index (κ1) is 15.1. The zero-order valence-corrected chi connectivity index (χ0v) is 14.1. The molecule has 0 bridgehead atoms. The predicted molar refractivity (Wildman–Crippen MR) is 96.5 cm³/mol. The van der Waals surface area contributed by atoms with Crippen LogP contribution < -0.4 is 15.0 Å². The lowest BCUT2D eigenvalue weighted by atomic mass is 9.83. The number of carbonyl (C=O) groups is 1. The monoisotopic (exact) mass is 322 g/mol. The molecule has 1 N–H and O–H groups in total. The van der Waals surface area contributed by atoms with Gasteiger partial charge in [-0.15, -0.1) is 0 Å². The number of ketones is 1. The Kier molecular flexibility index (Phi) is 3.68. The number of hydrogen-bond donors (Lipinski definition) is 1. The third-order valence-electron chi connectivity index (χ3n) is 5.04. The number of nitrogens with zero attached hydrogens (tertiary/aromatic N) is 1. The second kappa shape index (κ2) is 5.86. The fourth-order valence-corrected chi connectivity index (χ4v) is 3.72. The van der Waals surface area contributed by atoms with Crippen molar-refractivity contribution in [3.8, 4) is 5.75 Å². The maximum Gasteiger partial charge on any atom is 0.185 e. The Morgan fingerprint density at radius 1 is 1.21 bits per heavy atom. The van der Waals surface area contributed by atoms with Crippen LogP contribution in [0.5, 0.6) is 5.75 Å². The van der Waals surface area contributed by atoms with E-state index in [4.69, 9.17) is 4.74 Å². The van der Waals surface area contributed by atoms with Crippen LogP contribution >= 0.6 is 0 Å². The molecular weight excluding hydrogens is 300 g/mol. The van der Waals surface area contributed by atoms with E-state index in [9.17, 15) is 4.79 Å². The lowest BCUT2D eigenvalue weighted by Crippen LogP contribution is -2.36. The molecule has 24 heavy (non-hydrogen) atoms. The molecule has 1 unspecified atom stereocenters. The van der Waals surface area contributed by atoms with Crippen molar-refractivity contribution in [1.29, 1.82) is 0 Å². The van der Waals surface area contributed by atoms with Crippen molar-refractivity contribution in [2.75, 3.05) is 23.3 Å². The highest BCUT2D eigenvalue weighted by atomic mass is 16.5. The Hall–Kier alpha value is -2.49. The molecule has 0 amide bonds. The summed E-state index contributed by atoms with van der Waals surface area (Å²) in [6.07, 6.45) is 7.40. The van der Waals surface area contributed by atoms with Crippen LogP contribution in [-0.4, -0.2) is 24.9 Å². The normalized spacial score (nSPS) is 21.2. The number of nitrogens with one attached hydrogen (secondary N) is 1. The van der Waals surface area contributed by atoms with E-state index in [1.54, 1.807) is 6.08 Å². The van der Waals surface area contributed by atoms with Gasteiger partial charge in [0, 0.05) is 36.5 Å². The number of carbonyl (C=O) groups excluding carboxylic acids is 1. The van der Waals surface area contributed by atoms with Crippen molar-refractivity contribution in [2.45, 2.75) is 32.7 Å². The van der Waals surface area contributed by atoms with Crippen molar-refractivity contribution in [1.82, 2.24) is 0 Å². The number of rotatable bonds is 3. The quantitative estimate of drug-likeness (QED) is 0.859. The highest BCUT2D eigenvalue weighted by Crippen LogP contribution is 2.41. The summed E-state index contributed by atoms with van der Waals surface area (Å²) in [6, 6.07) is 6.24. The van der Waals surface area contributed by atoms with Gasteiger partial charge in [-0.05, 0) is 44.4 Å². The Bertz CT molecular complexity index is 785. The highest BCUT2D eigenvalue weighted by Gasteiger charge is 2.35. The molecule has 3 aliphatic rings. The SMILES string of the molecule is CCN(CC)c1ccc2c(c1)OC1=CC(=O)C3=C(CC=CC3)C1N2. The van der Waals surface area contributed by atoms with Crippen molar-refractivity contribution in [2.24, 2.45) is 0 Å². The largest absolute Gasteiger partial charge is 0.457 e. The minimum absolute atomic E-state index is 0.0190. The van der Waals surface area contributed by atoms with Gasteiger partial charge in [-0.2, -0.15) is 0 Å². The van der Waals surface area contributed by atoms with Gasteiger partial charge in [-0.25, -0.2) is 0 Å². The third kappa shape index (κ3) is 2.33. The molecule has 4 nitrogen and oxygen atoms in total. The van der Waals surface area contributed by atoms with E-state index >= 15 is 0 Å². The molecule has 0 saturated carbocycles. The Balaban J connectivity index is 1.69. The van der Waals surface area contributed by atoms with Crippen LogP contribution in [-0.2, 0) is 4.79 Å². The molecule has 4 heteroatoms. The van der Waals surface area contributed by atoms with Crippen LogP contribution in [0.2, 0.25) is 0 Å². The van der Waals surface area contributed by atoms with E-state index in [2.05, 4.69) is 54.4 Å². The van der Waals surface area contributed by atoms with Gasteiger partial charge in [-0.3, -0.25) is 4.79 Å². The minimum atomic E-state index is -0.0190. The van der Waals surface area contributed by atoms with E-state index in [1.807, 2.05) is 0 Å². The second-order valence-corrected chi connectivity index (χ2v) is 6.33. The molecule has 2 aliphatic carbocycles. The lowest BCUT2D eigenvalue weighted by Gasteiger charge is -2.36. The van der Waals surface area contributed by atoms with Crippen LogP contribution in [0.15, 0.2) is 53.3 Å². The van der Waals surface area contributed by atoms with E-state index in [0.717, 1.165) is 60.0 Å². The molecule has 0 aromatic heterocycles. The summed E-state index contributed by atoms with van der Waals surface area (Å²) in [5, 5.41) is 3.57. The summed E-state index contributed by atoms with van der Waals surface area (Å²) >= 11 is 0. The number of allylic oxidation sites excluding steroid dienone is 4. The van der Waals surface area contributed by atoms with Gasteiger partial charge in [0.1, 0.15) is 11.8 Å². The summed E-state index contributed by atoms with van der Waals surface area (Å²) < 4.78 is 6.13. The van der Waals surface area contributed by atoms with Crippen molar-refractivity contribution >= 4 is 17.2 Å². The topological polar surface area (TPSA) is 41.6 Å². The van der Waals surface area contributed by atoms with Crippen LogP contribution in [0, 0.1) is 0 Å². The minimum Gasteiger partial charge on any atom is -0.457 e. The summed E-state index contributed by atoms with van der Waals surface area (Å²) in [5.41, 5.74) is 4.20. The van der Waals surface area contributed by atoms with Crippen molar-refractivity contribution in [3.63, 3.8) is 0 Å². The maximum atomic E-state index is 12.4. The molecule has 0 fully saturated rings. The van der Waals surface area contributed by atoms with E-state index < -0.39 is 0 Å². The van der Waals surface area contributed by atoms with Crippen molar-refractivity contribution < 1.29 is 9.53 Å². The number of anilines is 2. The molecule has 0 radical (unpaired) electrons. The molecule has 4 rings (SSSR count). The lowest BCUT2D eigenvalue weighted by molar-refractivity contribution is -0.111. The Morgan fingerprint density at radius 3 is 2.79 bits per heavy atom. The van der Waals surface area contributed by atoms with Crippen molar-refractivity contribution in [3.05, 3.63) is 53.3 Å². The van der Waals surface area contributed by atoms with Gasteiger partial charge in [-0.1, -0.05) is 12.2 Å². The number of hydrogen-bond acceptors (Lipinski definition) is 4. The Morgan fingerprint density at radius 2 is 2.00 bits per heavy atom. The van der Waals surface area contributed by atoms with Gasteiger partial charge in [0.2, 0.25) is 0 Å². The maximum absolute atomic E-state index is 12.4. The summed E-state index contributed by atoms with van der Waals surface area (Å²) in [7, 11) is 0. The average Bonchev–Trinajstić information content (AvgIpc) is 2.62. The Labute approximate surface area is 142 Å². The van der Waals surface area contributed by atoms with E-state index in [-0.39, 0.29) is 11.8 Å². The van der Waals surface area contributed by atoms with Crippen LogP contribution in [0.3, 0.4) is 0 Å². The molecule has 0 spiro atoms. The molecule has 1 atom stereocenters. The fourth-order valence-electron chi connectivity index (χ4n) is 3.72. The standard InChI is InChI=1S/C20H22N2O2/c1-3-22(4-2)13-9-10-16-18(11-13)24-19-12-17(23)14-7-5-6-8-15(14)20(19)21-16/h5-6,9-12,20-21H,3-4,7-8H2,1-2H3. The van der Waals surface area contributed by atoms with Gasteiger partial charge in [0.25, 0.3) is 0 Å². The third-order valence-corrected chi connectivity index (χ3v) is 5.04. The van der Waals surface area contributed by atoms with Crippen LogP contribution in [0.4, 0.5) is 11.4 Å². The number of fused-ring (bicyclic) bond motifs is 3. The van der Waals surface area contributed by atoms with Crippen LogP contribution in [0.25, 0.3) is 0 Å². The first-order valence-electron chi connectivity index (χ1n) is 8.67. The van der Waals surface area contributed by atoms with Gasteiger partial charge in [0.15, 0.2) is 11.5 Å². The molecular formula is C20H22N2O2. The highest BCUT2D eigenvalue weighted by molar-refractivity contribution is 6.07. The van der Waals surface area contributed by atoms with E-state index in [1.165, 1.54) is 0 Å². The molecule has 1 aliphatic heterocycles. The first-order chi connectivity index (χ1) is 11.7. The zero-order valence-electron chi connectivity index (χ0n) is 14.1. The fraction of sp³-hybridized carbons (Fsp3) is 0.350. The van der Waals surface area contributed by atoms with Crippen LogP contribution in [0.1, 0.15) is 26.7 Å². The summed E-state index contributed by atoms with van der Waals surface area (Å²) in [6.45, 7) is 6.19. The summed E-state index contributed by atoms with van der Waals surface area (Å²) in [5.74, 6) is 1.61. The van der Waals surface area contributed by atoms with E-state index in [0.29, 0.717) is 0 Å². The number of benzene rings is 1. The van der Waals surface area contributed by atoms with Gasteiger partial charge >= 0.3 is 0 Å². The molecule has 1 heterocycles. The molecule has 0 saturated heterocycles. The molecule has 124 valence electrons. The van der Waals surface area contributed by atoms with Gasteiger partial charge < -0.3 is 15.0 Å². The first-order valence-corrected chi connectivity index (χ1v) is 8.67. The molecule has 1 aromatic carbocycles. The summed E-state index contributed by atoms with van der Waals surface area (Å²) in [4.78, 5) is 14.7. The smallest absolute Gasteiger partial charge is 0.185 e. The second-order valence-electron chi connectivity index (χ2n) is 6.33. The molecule has 1 aromatic rings. The predicted octanol–water partition coefficient (Wildman–Crippen LogP) is 3.82. The van der Waals surface area contributed by atoms with Gasteiger partial charge in [0.05, 0.1) is 5.69 Å². The number of ether oxygens (including phenoxy) is 1. The average molecular weight is 322 g/mol. The zero-order chi connectivity index (χ0) is 16.7.